The van der Waals surface area contributed by atoms with E-state index in [1.165, 1.54) is 49.9 Å². The monoisotopic (exact) mass is 371 g/mol. The van der Waals surface area contributed by atoms with Crippen LogP contribution in [0.25, 0.3) is 0 Å². The highest BCUT2D eigenvalue weighted by molar-refractivity contribution is 5.23. The topological polar surface area (TPSA) is 0 Å². The van der Waals surface area contributed by atoms with E-state index in [0.29, 0.717) is 6.04 Å². The molecule has 0 saturated carbocycles. The van der Waals surface area contributed by atoms with Crippen molar-refractivity contribution >= 4 is 0 Å². The molecule has 1 unspecified atom stereocenters. The Labute approximate surface area is 166 Å². The molecule has 142 valence electrons. The van der Waals surface area contributed by atoms with E-state index in [4.69, 9.17) is 0 Å². The van der Waals surface area contributed by atoms with E-state index in [-0.39, 0.29) is 12.4 Å². The number of quaternary nitrogens is 1. The summed E-state index contributed by atoms with van der Waals surface area (Å²) >= 11 is 0. The van der Waals surface area contributed by atoms with Crippen LogP contribution in [0.1, 0.15) is 56.7 Å². The molecular weight excluding hydrogens is 338 g/mol. The minimum absolute atomic E-state index is 0. The SMILES string of the molecule is C=C[N+](CCCC)(CCCC)C(Cc1ccccc1)c1ccccc1.[Cl-]. The first-order valence-electron chi connectivity index (χ1n) is 9.84. The Bertz CT molecular complexity index is 601. The second kappa shape index (κ2) is 11.9. The van der Waals surface area contributed by atoms with Gasteiger partial charge < -0.3 is 12.4 Å². The van der Waals surface area contributed by atoms with Gasteiger partial charge in [0.2, 0.25) is 0 Å². The van der Waals surface area contributed by atoms with Crippen LogP contribution in [0.4, 0.5) is 0 Å². The molecule has 0 aliphatic rings. The largest absolute Gasteiger partial charge is 1.00 e. The van der Waals surface area contributed by atoms with Crippen molar-refractivity contribution in [2.75, 3.05) is 13.1 Å². The van der Waals surface area contributed by atoms with Crippen molar-refractivity contribution in [1.82, 2.24) is 0 Å². The molecule has 0 aromatic heterocycles. The number of nitrogens with zero attached hydrogens (tertiary/aromatic N) is 1. The van der Waals surface area contributed by atoms with Gasteiger partial charge in [-0.1, -0.05) is 87.4 Å². The van der Waals surface area contributed by atoms with Crippen LogP contribution < -0.4 is 12.4 Å². The lowest BCUT2D eigenvalue weighted by atomic mass is 9.94. The van der Waals surface area contributed by atoms with E-state index >= 15 is 0 Å². The van der Waals surface area contributed by atoms with Crippen molar-refractivity contribution in [2.45, 2.75) is 52.0 Å². The van der Waals surface area contributed by atoms with E-state index in [1.54, 1.807) is 0 Å². The molecular formula is C24H34ClN. The van der Waals surface area contributed by atoms with E-state index in [9.17, 15) is 0 Å². The summed E-state index contributed by atoms with van der Waals surface area (Å²) in [7, 11) is 0. The van der Waals surface area contributed by atoms with Gasteiger partial charge in [0.1, 0.15) is 6.04 Å². The van der Waals surface area contributed by atoms with Crippen LogP contribution in [0, 0.1) is 0 Å². The van der Waals surface area contributed by atoms with Gasteiger partial charge in [0.15, 0.2) is 0 Å². The molecule has 26 heavy (non-hydrogen) atoms. The van der Waals surface area contributed by atoms with E-state index in [0.717, 1.165) is 10.9 Å². The molecule has 1 atom stereocenters. The summed E-state index contributed by atoms with van der Waals surface area (Å²) in [6, 6.07) is 22.4. The molecule has 0 bridgehead atoms. The first-order chi connectivity index (χ1) is 12.3. The predicted octanol–water partition coefficient (Wildman–Crippen LogP) is 3.53. The van der Waals surface area contributed by atoms with Gasteiger partial charge in [-0.25, -0.2) is 0 Å². The number of unbranched alkanes of at least 4 members (excludes halogenated alkanes) is 2. The molecule has 0 spiro atoms. The maximum Gasteiger partial charge on any atom is 0.123 e. The zero-order valence-corrected chi connectivity index (χ0v) is 17.2. The summed E-state index contributed by atoms with van der Waals surface area (Å²) in [6.07, 6.45) is 8.23. The van der Waals surface area contributed by atoms with Gasteiger partial charge in [0, 0.05) is 12.0 Å². The van der Waals surface area contributed by atoms with Gasteiger partial charge in [-0.15, -0.1) is 0 Å². The third kappa shape index (κ3) is 6.00. The number of hydrogen-bond acceptors (Lipinski definition) is 0. The maximum atomic E-state index is 4.30. The minimum Gasteiger partial charge on any atom is -1.00 e. The smallest absolute Gasteiger partial charge is 0.123 e. The van der Waals surface area contributed by atoms with Gasteiger partial charge in [-0.3, -0.25) is 4.48 Å². The Hall–Kier alpha value is -1.57. The first kappa shape index (κ1) is 22.5. The summed E-state index contributed by atoms with van der Waals surface area (Å²) < 4.78 is 0.987. The molecule has 0 radical (unpaired) electrons. The first-order valence-corrected chi connectivity index (χ1v) is 9.84. The maximum absolute atomic E-state index is 4.30. The van der Waals surface area contributed by atoms with Crippen molar-refractivity contribution in [3.8, 4) is 0 Å². The van der Waals surface area contributed by atoms with Crippen LogP contribution in [0.5, 0.6) is 0 Å². The normalized spacial score (nSPS) is 12.2. The fourth-order valence-corrected chi connectivity index (χ4v) is 3.75. The highest BCUT2D eigenvalue weighted by atomic mass is 35.5. The molecule has 0 aliphatic carbocycles. The molecule has 0 heterocycles. The van der Waals surface area contributed by atoms with Crippen LogP contribution in [-0.4, -0.2) is 17.6 Å². The van der Waals surface area contributed by atoms with Gasteiger partial charge in [0.05, 0.1) is 19.3 Å². The standard InChI is InChI=1S/C24H34N.ClH/c1-4-7-19-25(6-3,20-8-5-2)24(23-17-13-10-14-18-23)21-22-15-11-9-12-16-22;/h6,9-18,24H,3-5,7-8,19-21H2,1-2H3;1H/q+1;/p-1. The van der Waals surface area contributed by atoms with Crippen molar-refractivity contribution in [2.24, 2.45) is 0 Å². The Morgan fingerprint density at radius 1 is 0.846 bits per heavy atom. The lowest BCUT2D eigenvalue weighted by Crippen LogP contribution is -3.00. The zero-order valence-electron chi connectivity index (χ0n) is 16.4. The second-order valence-corrected chi connectivity index (χ2v) is 7.06. The molecule has 2 heteroatoms. The average molecular weight is 372 g/mol. The van der Waals surface area contributed by atoms with Gasteiger partial charge >= 0.3 is 0 Å². The molecule has 1 nitrogen and oxygen atoms in total. The molecule has 2 aromatic carbocycles. The van der Waals surface area contributed by atoms with Crippen molar-refractivity contribution in [3.63, 3.8) is 0 Å². The van der Waals surface area contributed by atoms with E-state index < -0.39 is 0 Å². The lowest BCUT2D eigenvalue weighted by Gasteiger charge is -2.42. The Balaban J connectivity index is 0.00000338. The van der Waals surface area contributed by atoms with E-state index in [2.05, 4.69) is 87.3 Å². The Kier molecular flexibility index (Phi) is 10.3. The van der Waals surface area contributed by atoms with Crippen molar-refractivity contribution in [1.29, 1.82) is 0 Å². The summed E-state index contributed by atoms with van der Waals surface area (Å²) in [4.78, 5) is 0. The molecule has 2 rings (SSSR count). The van der Waals surface area contributed by atoms with Gasteiger partial charge in [-0.2, -0.15) is 0 Å². The highest BCUT2D eigenvalue weighted by Gasteiger charge is 2.35. The van der Waals surface area contributed by atoms with E-state index in [1.807, 2.05) is 0 Å². The van der Waals surface area contributed by atoms with Crippen LogP contribution >= 0.6 is 0 Å². The summed E-state index contributed by atoms with van der Waals surface area (Å²) in [5, 5.41) is 0. The zero-order chi connectivity index (χ0) is 18.0. The second-order valence-electron chi connectivity index (χ2n) is 7.06. The number of halogens is 1. The summed E-state index contributed by atoms with van der Waals surface area (Å²) in [5.74, 6) is 0. The summed E-state index contributed by atoms with van der Waals surface area (Å²) in [5.41, 5.74) is 2.84. The van der Waals surface area contributed by atoms with Crippen molar-refractivity contribution in [3.05, 3.63) is 84.6 Å². The fraction of sp³-hybridized carbons (Fsp3) is 0.417. The lowest BCUT2D eigenvalue weighted by molar-refractivity contribution is -0.910. The van der Waals surface area contributed by atoms with Crippen molar-refractivity contribution < 1.29 is 16.9 Å². The predicted molar refractivity (Wildman–Crippen MR) is 109 cm³/mol. The minimum atomic E-state index is 0. The number of benzene rings is 2. The number of hydrogen-bond donors (Lipinski definition) is 0. The number of rotatable bonds is 11. The van der Waals surface area contributed by atoms with Crippen LogP contribution in [0.2, 0.25) is 0 Å². The Morgan fingerprint density at radius 3 is 1.81 bits per heavy atom. The summed E-state index contributed by atoms with van der Waals surface area (Å²) in [6.45, 7) is 11.2. The fourth-order valence-electron chi connectivity index (χ4n) is 3.75. The molecule has 0 fully saturated rings. The van der Waals surface area contributed by atoms with Crippen LogP contribution in [-0.2, 0) is 6.42 Å². The third-order valence-corrected chi connectivity index (χ3v) is 5.30. The molecule has 0 amide bonds. The average Bonchev–Trinajstić information content (AvgIpc) is 2.68. The molecule has 0 N–H and O–H groups in total. The highest BCUT2D eigenvalue weighted by Crippen LogP contribution is 2.34. The van der Waals surface area contributed by atoms with Gasteiger partial charge in [-0.05, 0) is 25.0 Å². The molecule has 0 aliphatic heterocycles. The molecule has 0 saturated heterocycles. The quantitative estimate of drug-likeness (QED) is 0.530. The van der Waals surface area contributed by atoms with Crippen LogP contribution in [0.3, 0.4) is 0 Å². The molecule has 2 aromatic rings. The third-order valence-electron chi connectivity index (χ3n) is 5.30. The van der Waals surface area contributed by atoms with Crippen LogP contribution in [0.15, 0.2) is 73.4 Å². The van der Waals surface area contributed by atoms with Gasteiger partial charge in [0.25, 0.3) is 0 Å². The Morgan fingerprint density at radius 2 is 1.35 bits per heavy atom.